The number of hydrogen-bond acceptors (Lipinski definition) is 7. The van der Waals surface area contributed by atoms with Crippen molar-refractivity contribution in [1.82, 2.24) is 9.78 Å². The zero-order chi connectivity index (χ0) is 26.6. The summed E-state index contributed by atoms with van der Waals surface area (Å²) in [7, 11) is 2.51. The first-order valence-corrected chi connectivity index (χ1v) is 12.7. The lowest BCUT2D eigenvalue weighted by Crippen LogP contribution is -2.12. The van der Waals surface area contributed by atoms with Crippen LogP contribution in [0.1, 0.15) is 11.3 Å². The SMILES string of the molecule is COc1ccc(/C=C/c2cc(-c3ccc(OC)c(OC)c3)n(-c3ccc(S(N)(=O)=O)cc3)n2)cc1OC. The second-order valence-electron chi connectivity index (χ2n) is 7.92. The van der Waals surface area contributed by atoms with E-state index < -0.39 is 10.0 Å². The summed E-state index contributed by atoms with van der Waals surface area (Å²) >= 11 is 0. The molecular formula is C27H27N3O6S. The zero-order valence-corrected chi connectivity index (χ0v) is 21.7. The van der Waals surface area contributed by atoms with Gasteiger partial charge in [0.1, 0.15) is 0 Å². The molecule has 0 spiro atoms. The molecule has 2 N–H and O–H groups in total. The number of sulfonamides is 1. The van der Waals surface area contributed by atoms with E-state index in [1.165, 1.54) is 12.1 Å². The van der Waals surface area contributed by atoms with Gasteiger partial charge < -0.3 is 18.9 Å². The number of aromatic nitrogens is 2. The fourth-order valence-electron chi connectivity index (χ4n) is 3.79. The molecular weight excluding hydrogens is 494 g/mol. The number of benzene rings is 3. The first-order valence-electron chi connectivity index (χ1n) is 11.1. The maximum atomic E-state index is 11.7. The van der Waals surface area contributed by atoms with Crippen molar-refractivity contribution in [2.24, 2.45) is 5.14 Å². The number of hydrogen-bond donors (Lipinski definition) is 1. The second-order valence-corrected chi connectivity index (χ2v) is 9.48. The Labute approximate surface area is 215 Å². The molecule has 9 nitrogen and oxygen atoms in total. The Morgan fingerprint density at radius 1 is 0.730 bits per heavy atom. The van der Waals surface area contributed by atoms with Crippen LogP contribution in [0.2, 0.25) is 0 Å². The van der Waals surface area contributed by atoms with Crippen LogP contribution in [0.4, 0.5) is 0 Å². The third-order valence-electron chi connectivity index (χ3n) is 5.67. The van der Waals surface area contributed by atoms with Gasteiger partial charge in [0.25, 0.3) is 0 Å². The maximum absolute atomic E-state index is 11.7. The monoisotopic (exact) mass is 521 g/mol. The minimum atomic E-state index is -3.82. The van der Waals surface area contributed by atoms with Gasteiger partial charge in [-0.05, 0) is 72.3 Å². The van der Waals surface area contributed by atoms with E-state index in [4.69, 9.17) is 29.2 Å². The average molecular weight is 522 g/mol. The third kappa shape index (κ3) is 5.60. The fraction of sp³-hybridized carbons (Fsp3) is 0.148. The highest BCUT2D eigenvalue weighted by atomic mass is 32.2. The van der Waals surface area contributed by atoms with E-state index in [0.29, 0.717) is 34.4 Å². The van der Waals surface area contributed by atoms with Crippen LogP contribution in [0, 0.1) is 0 Å². The Hall–Kier alpha value is -4.28. The van der Waals surface area contributed by atoms with Crippen LogP contribution in [0.3, 0.4) is 0 Å². The zero-order valence-electron chi connectivity index (χ0n) is 20.8. The smallest absolute Gasteiger partial charge is 0.238 e. The van der Waals surface area contributed by atoms with Crippen molar-refractivity contribution in [3.8, 4) is 39.9 Å². The van der Waals surface area contributed by atoms with Crippen molar-refractivity contribution >= 4 is 22.2 Å². The first kappa shape index (κ1) is 25.8. The van der Waals surface area contributed by atoms with Crippen LogP contribution >= 0.6 is 0 Å². The van der Waals surface area contributed by atoms with Crippen molar-refractivity contribution in [2.45, 2.75) is 4.90 Å². The lowest BCUT2D eigenvalue weighted by molar-refractivity contribution is 0.355. The largest absolute Gasteiger partial charge is 0.493 e. The number of nitrogens with two attached hydrogens (primary N) is 1. The van der Waals surface area contributed by atoms with Crippen LogP contribution in [0.25, 0.3) is 29.1 Å². The van der Waals surface area contributed by atoms with Crippen LogP contribution < -0.4 is 24.1 Å². The van der Waals surface area contributed by atoms with E-state index in [-0.39, 0.29) is 4.90 Å². The third-order valence-corrected chi connectivity index (χ3v) is 6.60. The highest BCUT2D eigenvalue weighted by Gasteiger charge is 2.15. The number of methoxy groups -OCH3 is 4. The molecule has 0 aliphatic rings. The topological polar surface area (TPSA) is 115 Å². The predicted octanol–water partition coefficient (Wildman–Crippen LogP) is 4.39. The number of ether oxygens (including phenoxy) is 4. The Morgan fingerprint density at radius 2 is 1.32 bits per heavy atom. The van der Waals surface area contributed by atoms with Crippen LogP contribution in [-0.4, -0.2) is 46.6 Å². The van der Waals surface area contributed by atoms with Gasteiger partial charge in [0, 0.05) is 5.56 Å². The standard InChI is InChI=1S/C27H27N3O6S/c1-33-24-13-6-18(15-26(24)35-3)5-8-20-17-23(19-7-14-25(34-2)27(16-19)36-4)30(29-20)21-9-11-22(12-10-21)37(28,31)32/h5-17H,1-4H3,(H2,28,31,32)/b8-5+. The molecule has 1 aromatic heterocycles. The van der Waals surface area contributed by atoms with Crippen molar-refractivity contribution in [3.63, 3.8) is 0 Å². The highest BCUT2D eigenvalue weighted by molar-refractivity contribution is 7.89. The Balaban J connectivity index is 1.79. The van der Waals surface area contributed by atoms with Gasteiger partial charge in [-0.2, -0.15) is 5.10 Å². The summed E-state index contributed by atoms with van der Waals surface area (Å²) < 4.78 is 46.7. The number of rotatable bonds is 9. The molecule has 37 heavy (non-hydrogen) atoms. The maximum Gasteiger partial charge on any atom is 0.238 e. The fourth-order valence-corrected chi connectivity index (χ4v) is 4.31. The van der Waals surface area contributed by atoms with Gasteiger partial charge in [-0.25, -0.2) is 18.2 Å². The van der Waals surface area contributed by atoms with Crippen molar-refractivity contribution in [2.75, 3.05) is 28.4 Å². The van der Waals surface area contributed by atoms with E-state index in [2.05, 4.69) is 0 Å². The molecule has 4 aromatic rings. The summed E-state index contributed by atoms with van der Waals surface area (Å²) in [5, 5.41) is 10.0. The van der Waals surface area contributed by atoms with Gasteiger partial charge in [-0.15, -0.1) is 0 Å². The minimum absolute atomic E-state index is 0.0182. The normalized spacial score (nSPS) is 11.5. The van der Waals surface area contributed by atoms with E-state index in [0.717, 1.165) is 16.8 Å². The molecule has 192 valence electrons. The molecule has 0 saturated heterocycles. The quantitative estimate of drug-likeness (QED) is 0.347. The molecule has 0 amide bonds. The average Bonchev–Trinajstić information content (AvgIpc) is 3.35. The van der Waals surface area contributed by atoms with Gasteiger partial charge in [0.15, 0.2) is 23.0 Å². The summed E-state index contributed by atoms with van der Waals surface area (Å²) in [6.07, 6.45) is 3.79. The van der Waals surface area contributed by atoms with Gasteiger partial charge in [0.05, 0.1) is 50.4 Å². The summed E-state index contributed by atoms with van der Waals surface area (Å²) in [6.45, 7) is 0. The summed E-state index contributed by atoms with van der Waals surface area (Å²) in [6, 6.07) is 19.3. The number of nitrogens with zero attached hydrogens (tertiary/aromatic N) is 2. The number of primary sulfonamides is 1. The molecule has 3 aromatic carbocycles. The molecule has 0 atom stereocenters. The van der Waals surface area contributed by atoms with Gasteiger partial charge in [-0.1, -0.05) is 12.1 Å². The van der Waals surface area contributed by atoms with Gasteiger partial charge in [-0.3, -0.25) is 0 Å². The van der Waals surface area contributed by atoms with Crippen molar-refractivity contribution < 1.29 is 27.4 Å². The Bertz CT molecular complexity index is 1540. The molecule has 0 aliphatic carbocycles. The van der Waals surface area contributed by atoms with E-state index in [9.17, 15) is 8.42 Å². The summed E-state index contributed by atoms with van der Waals surface area (Å²) in [4.78, 5) is 0.0182. The predicted molar refractivity (Wildman–Crippen MR) is 142 cm³/mol. The lowest BCUT2D eigenvalue weighted by Gasteiger charge is -2.11. The summed E-state index contributed by atoms with van der Waals surface area (Å²) in [5.41, 5.74) is 3.82. The Morgan fingerprint density at radius 3 is 1.92 bits per heavy atom. The molecule has 4 rings (SSSR count). The van der Waals surface area contributed by atoms with Gasteiger partial charge in [0.2, 0.25) is 10.0 Å². The molecule has 0 saturated carbocycles. The lowest BCUT2D eigenvalue weighted by atomic mass is 10.1. The molecule has 10 heteroatoms. The minimum Gasteiger partial charge on any atom is -0.493 e. The molecule has 0 bridgehead atoms. The van der Waals surface area contributed by atoms with E-state index >= 15 is 0 Å². The first-order chi connectivity index (χ1) is 17.8. The van der Waals surface area contributed by atoms with Crippen molar-refractivity contribution in [1.29, 1.82) is 0 Å². The highest BCUT2D eigenvalue weighted by Crippen LogP contribution is 2.34. The van der Waals surface area contributed by atoms with Crippen LogP contribution in [-0.2, 0) is 10.0 Å². The second kappa shape index (κ2) is 10.8. The molecule has 1 heterocycles. The molecule has 0 fully saturated rings. The van der Waals surface area contributed by atoms with Crippen molar-refractivity contribution in [3.05, 3.63) is 78.0 Å². The van der Waals surface area contributed by atoms with Crippen LogP contribution in [0.15, 0.2) is 71.6 Å². The molecule has 0 unspecified atom stereocenters. The molecule has 0 aliphatic heterocycles. The van der Waals surface area contributed by atoms with Gasteiger partial charge >= 0.3 is 0 Å². The summed E-state index contributed by atoms with van der Waals surface area (Å²) in [5.74, 6) is 2.43. The molecule has 0 radical (unpaired) electrons. The Kier molecular flexibility index (Phi) is 7.51. The van der Waals surface area contributed by atoms with E-state index in [1.54, 1.807) is 45.3 Å². The van der Waals surface area contributed by atoms with Crippen LogP contribution in [0.5, 0.6) is 23.0 Å². The van der Waals surface area contributed by atoms with E-state index in [1.807, 2.05) is 54.6 Å².